The summed E-state index contributed by atoms with van der Waals surface area (Å²) in [6.45, 7) is 3.96. The van der Waals surface area contributed by atoms with Gasteiger partial charge in [0, 0.05) is 24.2 Å². The van der Waals surface area contributed by atoms with Crippen LogP contribution in [0.25, 0.3) is 0 Å². The Morgan fingerprint density at radius 3 is 0.676 bits per heavy atom. The maximum atomic E-state index is 11.9. The number of benzene rings is 4. The van der Waals surface area contributed by atoms with Crippen LogP contribution in [0.5, 0.6) is 0 Å². The van der Waals surface area contributed by atoms with Crippen LogP contribution in [0.2, 0.25) is 0 Å². The van der Waals surface area contributed by atoms with E-state index in [2.05, 4.69) is 21.3 Å². The van der Waals surface area contributed by atoms with Crippen LogP contribution in [0.15, 0.2) is 121 Å². The van der Waals surface area contributed by atoms with Gasteiger partial charge in [0.1, 0.15) is 0 Å². The summed E-state index contributed by atoms with van der Waals surface area (Å²) in [6.07, 6.45) is 13.6. The number of nitrogens with one attached hydrogen (secondary N) is 4. The van der Waals surface area contributed by atoms with Gasteiger partial charge in [0.05, 0.1) is 52.1 Å². The quantitative estimate of drug-likeness (QED) is 0.0798. The predicted octanol–water partition coefficient (Wildman–Crippen LogP) is 8.34. The minimum Gasteiger partial charge on any atom is -0.469 e. The molecule has 8 atom stereocenters. The maximum Gasteiger partial charge on any atom is 0.314 e. The highest BCUT2D eigenvalue weighted by atomic mass is 16.5. The zero-order valence-electron chi connectivity index (χ0n) is 40.7. The number of hydrogen-bond acceptors (Lipinski definition) is 12. The van der Waals surface area contributed by atoms with Gasteiger partial charge in [0.2, 0.25) is 0 Å². The average Bonchev–Trinajstić information content (AvgIpc) is 3.41. The van der Waals surface area contributed by atoms with Gasteiger partial charge in [0.15, 0.2) is 0 Å². The Bertz CT molecular complexity index is 1720. The Hall–Kier alpha value is -5.40. The molecular weight excluding hydrogens is 857 g/mol. The van der Waals surface area contributed by atoms with Gasteiger partial charge in [-0.2, -0.15) is 0 Å². The lowest BCUT2D eigenvalue weighted by atomic mass is 9.86. The summed E-state index contributed by atoms with van der Waals surface area (Å²) in [4.78, 5) is 47.8. The fourth-order valence-corrected chi connectivity index (χ4v) is 9.93. The number of carbonyl (C=O) groups excluding carboxylic acids is 4. The van der Waals surface area contributed by atoms with Gasteiger partial charge in [-0.1, -0.05) is 147 Å². The van der Waals surface area contributed by atoms with Crippen molar-refractivity contribution in [1.29, 1.82) is 0 Å². The van der Waals surface area contributed by atoms with Crippen molar-refractivity contribution in [2.24, 2.45) is 0 Å². The summed E-state index contributed by atoms with van der Waals surface area (Å²) < 4.78 is 19.8. The molecule has 0 spiro atoms. The molecule has 4 N–H and O–H groups in total. The normalized spacial score (nSPS) is 21.8. The summed E-state index contributed by atoms with van der Waals surface area (Å²) in [6, 6.07) is 40.4. The molecule has 4 aliphatic heterocycles. The molecule has 8 rings (SSSR count). The smallest absolute Gasteiger partial charge is 0.314 e. The summed E-state index contributed by atoms with van der Waals surface area (Å²) in [7, 11) is 5.84. The van der Waals surface area contributed by atoms with Crippen LogP contribution < -0.4 is 21.3 Å². The number of ether oxygens (including phenoxy) is 4. The average molecular weight is 933 g/mol. The van der Waals surface area contributed by atoms with Crippen LogP contribution >= 0.6 is 0 Å². The minimum absolute atomic E-state index is 0.143. The molecule has 12 heteroatoms. The number of piperidine rings is 4. The van der Waals surface area contributed by atoms with Gasteiger partial charge in [-0.15, -0.1) is 0 Å². The minimum atomic E-state index is -0.179. The van der Waals surface area contributed by atoms with Gasteiger partial charge >= 0.3 is 23.9 Å². The van der Waals surface area contributed by atoms with E-state index in [1.54, 1.807) is 0 Å². The topological polar surface area (TPSA) is 153 Å². The van der Waals surface area contributed by atoms with Crippen molar-refractivity contribution < 1.29 is 38.1 Å². The van der Waals surface area contributed by atoms with Crippen molar-refractivity contribution in [2.75, 3.05) is 54.6 Å². The predicted molar refractivity (Wildman–Crippen MR) is 267 cm³/mol. The SMILES string of the molecule is COC(=O)[C@@H](c1ccccc1)[C@@H]1CCCCN1.COC(=O)[C@@H](c1ccccc1)[C@H]1CCCCN1.COC(=O)[C@H](c1ccccc1)[C@@H]1CCCCN1.COC(=O)[C@H](c1ccccc1)[C@H]1CCCCN1. The molecule has 4 aromatic carbocycles. The third-order valence-corrected chi connectivity index (χ3v) is 13.5. The molecule has 0 amide bonds. The van der Waals surface area contributed by atoms with Gasteiger partial charge in [-0.25, -0.2) is 0 Å². The first-order valence-corrected chi connectivity index (χ1v) is 24.8. The van der Waals surface area contributed by atoms with E-state index in [-0.39, 0.29) is 71.7 Å². The summed E-state index contributed by atoms with van der Waals surface area (Å²) in [5.74, 6) is -1.29. The molecule has 0 aromatic heterocycles. The van der Waals surface area contributed by atoms with Crippen molar-refractivity contribution in [3.63, 3.8) is 0 Å². The first-order chi connectivity index (χ1) is 33.3. The highest BCUT2D eigenvalue weighted by molar-refractivity contribution is 5.80. The monoisotopic (exact) mass is 933 g/mol. The fourth-order valence-electron chi connectivity index (χ4n) is 9.93. The molecule has 12 nitrogen and oxygen atoms in total. The molecule has 368 valence electrons. The molecule has 4 aliphatic rings. The Balaban J connectivity index is 0.000000169. The summed E-state index contributed by atoms with van der Waals surface area (Å²) in [5.41, 5.74) is 4.16. The Morgan fingerprint density at radius 1 is 0.338 bits per heavy atom. The molecule has 0 radical (unpaired) electrons. The molecule has 68 heavy (non-hydrogen) atoms. The van der Waals surface area contributed by atoms with E-state index >= 15 is 0 Å². The van der Waals surface area contributed by atoms with Gasteiger partial charge in [0.25, 0.3) is 0 Å². The summed E-state index contributed by atoms with van der Waals surface area (Å²) in [5, 5.41) is 13.7. The molecule has 4 fully saturated rings. The first kappa shape index (κ1) is 53.6. The van der Waals surface area contributed by atoms with Crippen LogP contribution in [-0.2, 0) is 38.1 Å². The third kappa shape index (κ3) is 16.4. The highest BCUT2D eigenvalue weighted by Gasteiger charge is 2.34. The van der Waals surface area contributed by atoms with Crippen LogP contribution in [0, 0.1) is 0 Å². The van der Waals surface area contributed by atoms with Crippen LogP contribution in [0.3, 0.4) is 0 Å². The largest absolute Gasteiger partial charge is 0.469 e. The molecular formula is C56H76N4O8. The lowest BCUT2D eigenvalue weighted by Gasteiger charge is -2.29. The second-order valence-corrected chi connectivity index (χ2v) is 17.9. The molecule has 4 saturated heterocycles. The van der Waals surface area contributed by atoms with Gasteiger partial charge in [-0.3, -0.25) is 19.2 Å². The van der Waals surface area contributed by atoms with E-state index in [1.165, 1.54) is 79.8 Å². The maximum absolute atomic E-state index is 11.9. The van der Waals surface area contributed by atoms with Crippen molar-refractivity contribution in [1.82, 2.24) is 21.3 Å². The first-order valence-electron chi connectivity index (χ1n) is 24.8. The number of methoxy groups -OCH3 is 4. The van der Waals surface area contributed by atoms with Crippen molar-refractivity contribution >= 4 is 23.9 Å². The lowest BCUT2D eigenvalue weighted by Crippen LogP contribution is -2.42. The van der Waals surface area contributed by atoms with E-state index in [4.69, 9.17) is 18.9 Å². The van der Waals surface area contributed by atoms with Gasteiger partial charge in [-0.05, 0) is 99.8 Å². The van der Waals surface area contributed by atoms with E-state index in [9.17, 15) is 19.2 Å². The number of esters is 4. The molecule has 0 saturated carbocycles. The highest BCUT2D eigenvalue weighted by Crippen LogP contribution is 2.30. The van der Waals surface area contributed by atoms with Crippen LogP contribution in [0.4, 0.5) is 0 Å². The van der Waals surface area contributed by atoms with Gasteiger partial charge < -0.3 is 40.2 Å². The summed E-state index contributed by atoms with van der Waals surface area (Å²) >= 11 is 0. The molecule has 0 bridgehead atoms. The Morgan fingerprint density at radius 2 is 0.529 bits per heavy atom. The molecule has 4 heterocycles. The molecule has 0 aliphatic carbocycles. The third-order valence-electron chi connectivity index (χ3n) is 13.5. The molecule has 0 unspecified atom stereocenters. The van der Waals surface area contributed by atoms with Crippen LogP contribution in [0.1, 0.15) is 123 Å². The fraction of sp³-hybridized carbons (Fsp3) is 0.500. The van der Waals surface area contributed by atoms with Crippen molar-refractivity contribution in [3.8, 4) is 0 Å². The second-order valence-electron chi connectivity index (χ2n) is 17.9. The van der Waals surface area contributed by atoms with E-state index < -0.39 is 0 Å². The Labute approximate surface area is 405 Å². The standard InChI is InChI=1S/4C14H19NO2/c4*1-17-14(16)13(11-7-3-2-4-8-11)12-9-5-6-10-15-12/h4*2-4,7-8,12-13,15H,5-6,9-10H2,1H3/t2*12-,13+;2*12-,13-/m1010/s1. The lowest BCUT2D eigenvalue weighted by molar-refractivity contribution is -0.144. The Kier molecular flexibility index (Phi) is 23.8. The number of carbonyl (C=O) groups is 4. The van der Waals surface area contributed by atoms with E-state index in [0.717, 1.165) is 74.1 Å². The van der Waals surface area contributed by atoms with Crippen molar-refractivity contribution in [2.45, 2.75) is 125 Å². The van der Waals surface area contributed by atoms with E-state index in [1.807, 2.05) is 121 Å². The number of rotatable bonds is 12. The zero-order chi connectivity index (χ0) is 48.4. The van der Waals surface area contributed by atoms with Crippen molar-refractivity contribution in [3.05, 3.63) is 144 Å². The number of hydrogen-bond donors (Lipinski definition) is 4. The second kappa shape index (κ2) is 30.2. The zero-order valence-corrected chi connectivity index (χ0v) is 40.7. The molecule has 4 aromatic rings. The van der Waals surface area contributed by atoms with E-state index in [0.29, 0.717) is 0 Å². The van der Waals surface area contributed by atoms with Crippen LogP contribution in [-0.4, -0.2) is 103 Å².